The van der Waals surface area contributed by atoms with E-state index in [1.54, 1.807) is 0 Å². The zero-order chi connectivity index (χ0) is 8.97. The van der Waals surface area contributed by atoms with Gasteiger partial charge < -0.3 is 10.7 Å². The van der Waals surface area contributed by atoms with Crippen LogP contribution in [0.4, 0.5) is 5.95 Å². The lowest BCUT2D eigenvalue weighted by Crippen LogP contribution is -2.11. The van der Waals surface area contributed by atoms with E-state index in [4.69, 9.17) is 5.73 Å². The van der Waals surface area contributed by atoms with Gasteiger partial charge in [-0.05, 0) is 0 Å². The lowest BCUT2D eigenvalue weighted by atomic mass is 10.5. The quantitative estimate of drug-likeness (QED) is 0.433. The van der Waals surface area contributed by atoms with E-state index in [2.05, 4.69) is 25.7 Å². The third kappa shape index (κ3) is 1.78. The van der Waals surface area contributed by atoms with E-state index in [1.807, 2.05) is 0 Å². The minimum atomic E-state index is -0.566. The average Bonchev–Trinajstić information content (AvgIpc) is 2.48. The molecule has 0 aliphatic rings. The molecule has 0 atom stereocenters. The smallest absolute Gasteiger partial charge is 0.266 e. The molecule has 0 saturated carbocycles. The summed E-state index contributed by atoms with van der Waals surface area (Å²) in [5.41, 5.74) is 7.64. The number of H-pyrrole nitrogens is 1. The summed E-state index contributed by atoms with van der Waals surface area (Å²) < 4.78 is 0. The maximum absolute atomic E-state index is 10.6. The largest absolute Gasteiger partial charge is 0.364 e. The van der Waals surface area contributed by atoms with E-state index < -0.39 is 5.91 Å². The molecule has 0 aliphatic heterocycles. The summed E-state index contributed by atoms with van der Waals surface area (Å²) in [6.07, 6.45) is 1.32. The fourth-order valence-electron chi connectivity index (χ4n) is 0.601. The number of primary amides is 1. The predicted molar refractivity (Wildman–Crippen MR) is 41.5 cm³/mol. The van der Waals surface area contributed by atoms with Crippen LogP contribution in [-0.4, -0.2) is 22.9 Å². The second-order valence-electron chi connectivity index (χ2n) is 1.92. The van der Waals surface area contributed by atoms with Crippen molar-refractivity contribution in [2.45, 2.75) is 0 Å². The van der Waals surface area contributed by atoms with Gasteiger partial charge >= 0.3 is 0 Å². The number of hydrogen-bond donors (Lipinski definition) is 3. The number of nitrogens with two attached hydrogens (primary N) is 1. The van der Waals surface area contributed by atoms with Gasteiger partial charge in [-0.1, -0.05) is 5.22 Å². The van der Waals surface area contributed by atoms with Gasteiger partial charge in [0.1, 0.15) is 5.69 Å². The van der Waals surface area contributed by atoms with Crippen molar-refractivity contribution in [2.75, 3.05) is 12.5 Å². The van der Waals surface area contributed by atoms with Crippen molar-refractivity contribution in [1.82, 2.24) is 9.97 Å². The fraction of sp³-hybridized carbons (Fsp3) is 0.200. The van der Waals surface area contributed by atoms with Crippen LogP contribution in [0, 0.1) is 0 Å². The van der Waals surface area contributed by atoms with E-state index in [9.17, 15) is 4.79 Å². The number of nitrogens with one attached hydrogen (secondary N) is 2. The van der Waals surface area contributed by atoms with Crippen molar-refractivity contribution in [2.24, 2.45) is 16.1 Å². The van der Waals surface area contributed by atoms with Crippen LogP contribution in [0.1, 0.15) is 10.5 Å². The topological polar surface area (TPSA) is 109 Å². The van der Waals surface area contributed by atoms with Crippen LogP contribution in [0.25, 0.3) is 0 Å². The molecule has 1 aromatic heterocycles. The van der Waals surface area contributed by atoms with Crippen LogP contribution in [0.3, 0.4) is 0 Å². The summed E-state index contributed by atoms with van der Waals surface area (Å²) in [7, 11) is 1.50. The van der Waals surface area contributed by atoms with Gasteiger partial charge in [0.05, 0.1) is 13.2 Å². The number of anilines is 1. The molecule has 0 bridgehead atoms. The van der Waals surface area contributed by atoms with Crippen molar-refractivity contribution < 1.29 is 4.79 Å². The molecule has 1 amide bonds. The van der Waals surface area contributed by atoms with Crippen LogP contribution in [0.5, 0.6) is 0 Å². The minimum Gasteiger partial charge on any atom is -0.364 e. The molecule has 12 heavy (non-hydrogen) atoms. The summed E-state index contributed by atoms with van der Waals surface area (Å²) in [5.74, 6) is -0.238. The lowest BCUT2D eigenvalue weighted by Gasteiger charge is -1.89. The van der Waals surface area contributed by atoms with Gasteiger partial charge in [0, 0.05) is 0 Å². The van der Waals surface area contributed by atoms with Gasteiger partial charge in [-0.3, -0.25) is 4.79 Å². The Hall–Kier alpha value is -1.92. The van der Waals surface area contributed by atoms with Crippen molar-refractivity contribution in [3.05, 3.63) is 11.9 Å². The van der Waals surface area contributed by atoms with Gasteiger partial charge in [-0.2, -0.15) is 5.11 Å². The van der Waals surface area contributed by atoms with Crippen LogP contribution >= 0.6 is 0 Å². The highest BCUT2D eigenvalue weighted by atomic mass is 16.1. The second kappa shape index (κ2) is 3.46. The molecule has 7 nitrogen and oxygen atoms in total. The maximum Gasteiger partial charge on any atom is 0.266 e. The number of imidazole rings is 1. The summed E-state index contributed by atoms with van der Waals surface area (Å²) in [4.78, 5) is 16.9. The Morgan fingerprint density at radius 2 is 2.58 bits per heavy atom. The number of carbonyl (C=O) groups is 1. The summed E-state index contributed by atoms with van der Waals surface area (Å²) in [5, 5.41) is 6.87. The maximum atomic E-state index is 10.6. The van der Waals surface area contributed by atoms with Crippen molar-refractivity contribution in [3.8, 4) is 0 Å². The van der Waals surface area contributed by atoms with Gasteiger partial charge in [0.15, 0.2) is 0 Å². The molecule has 0 saturated heterocycles. The predicted octanol–water partition coefficient (Wildman–Crippen LogP) is -0.0825. The van der Waals surface area contributed by atoms with E-state index in [-0.39, 0.29) is 5.69 Å². The standard InChI is InChI=1S/C5H8N6O/c1-7-11-10-5-8-2-3(9-5)4(6)12/h2H,1H3,(H2,6,12)(H2,7,8,9,10). The highest BCUT2D eigenvalue weighted by Gasteiger charge is 2.03. The van der Waals surface area contributed by atoms with Crippen molar-refractivity contribution in [3.63, 3.8) is 0 Å². The van der Waals surface area contributed by atoms with E-state index >= 15 is 0 Å². The third-order valence-electron chi connectivity index (χ3n) is 1.10. The minimum absolute atomic E-state index is 0.226. The Morgan fingerprint density at radius 3 is 3.08 bits per heavy atom. The number of aromatic amines is 1. The number of amides is 1. The highest BCUT2D eigenvalue weighted by Crippen LogP contribution is 2.00. The number of aromatic nitrogens is 2. The zero-order valence-electron chi connectivity index (χ0n) is 6.40. The molecule has 7 heteroatoms. The molecule has 0 unspecified atom stereocenters. The first-order chi connectivity index (χ1) is 5.74. The highest BCUT2D eigenvalue weighted by molar-refractivity contribution is 5.90. The molecular weight excluding hydrogens is 160 g/mol. The van der Waals surface area contributed by atoms with Gasteiger partial charge in [-0.15, -0.1) is 0 Å². The Labute approximate surface area is 68.1 Å². The molecule has 0 fully saturated rings. The number of rotatable bonds is 3. The molecule has 0 spiro atoms. The molecule has 1 heterocycles. The van der Waals surface area contributed by atoms with Crippen LogP contribution in [-0.2, 0) is 0 Å². The fourth-order valence-corrected chi connectivity index (χ4v) is 0.601. The number of carbonyl (C=O) groups excluding carboxylic acids is 1. The number of nitrogens with zero attached hydrogens (tertiary/aromatic N) is 3. The Kier molecular flexibility index (Phi) is 2.36. The van der Waals surface area contributed by atoms with Crippen molar-refractivity contribution in [1.29, 1.82) is 0 Å². The molecule has 4 N–H and O–H groups in total. The van der Waals surface area contributed by atoms with Crippen LogP contribution in [0.15, 0.2) is 16.5 Å². The summed E-state index contributed by atoms with van der Waals surface area (Å²) in [6.45, 7) is 0. The van der Waals surface area contributed by atoms with Crippen molar-refractivity contribution >= 4 is 11.9 Å². The van der Waals surface area contributed by atoms with Crippen LogP contribution in [0.2, 0.25) is 0 Å². The molecule has 1 rings (SSSR count). The first-order valence-electron chi connectivity index (χ1n) is 3.13. The lowest BCUT2D eigenvalue weighted by molar-refractivity contribution is 0.0996. The Morgan fingerprint density at radius 1 is 1.83 bits per heavy atom. The Balaban J connectivity index is 2.70. The first kappa shape index (κ1) is 8.18. The molecule has 0 radical (unpaired) electrons. The zero-order valence-corrected chi connectivity index (χ0v) is 6.40. The molecule has 64 valence electrons. The van der Waals surface area contributed by atoms with Crippen LogP contribution < -0.4 is 11.2 Å². The van der Waals surface area contributed by atoms with E-state index in [1.165, 1.54) is 13.2 Å². The van der Waals surface area contributed by atoms with Gasteiger partial charge in [0.25, 0.3) is 5.91 Å². The first-order valence-corrected chi connectivity index (χ1v) is 3.13. The third-order valence-corrected chi connectivity index (χ3v) is 1.10. The Bertz CT molecular complexity index is 303. The number of hydrogen-bond acceptors (Lipinski definition) is 4. The summed E-state index contributed by atoms with van der Waals surface area (Å²) >= 11 is 0. The SMILES string of the molecule is CN=NNc1ncc(C(N)=O)[nH]1. The normalized spacial score (nSPS) is 10.4. The average molecular weight is 168 g/mol. The van der Waals surface area contributed by atoms with Gasteiger partial charge in [-0.25, -0.2) is 10.4 Å². The molecule has 0 aromatic carbocycles. The monoisotopic (exact) mass is 168 g/mol. The second-order valence-corrected chi connectivity index (χ2v) is 1.92. The summed E-state index contributed by atoms with van der Waals surface area (Å²) in [6, 6.07) is 0. The molecular formula is C5H8N6O. The van der Waals surface area contributed by atoms with E-state index in [0.29, 0.717) is 5.95 Å². The molecule has 1 aromatic rings. The van der Waals surface area contributed by atoms with E-state index in [0.717, 1.165) is 0 Å². The molecule has 0 aliphatic carbocycles. The van der Waals surface area contributed by atoms with Gasteiger partial charge in [0.2, 0.25) is 5.95 Å².